The lowest BCUT2D eigenvalue weighted by Crippen LogP contribution is -2.48. The highest BCUT2D eigenvalue weighted by molar-refractivity contribution is 6.40. The summed E-state index contributed by atoms with van der Waals surface area (Å²) in [4.78, 5) is 37.0. The Bertz CT molecular complexity index is 929. The van der Waals surface area contributed by atoms with Gasteiger partial charge in [-0.2, -0.15) is 4.98 Å². The Labute approximate surface area is 183 Å². The average molecular weight is 424 g/mol. The molecule has 1 aromatic rings. The number of anilines is 2. The topological polar surface area (TPSA) is 87.2 Å². The number of rotatable bonds is 3. The molecule has 6 atom stereocenters. The highest BCUT2D eigenvalue weighted by Crippen LogP contribution is 2.74. The number of nitrogens with one attached hydrogen (secondary N) is 2. The Balaban J connectivity index is 1.35. The molecule has 5 aliphatic carbocycles. The van der Waals surface area contributed by atoms with Crippen LogP contribution in [0.1, 0.15) is 64.4 Å². The number of carbonyl (C=O) groups excluding carboxylic acids is 2. The second-order valence-corrected chi connectivity index (χ2v) is 10.8. The first-order chi connectivity index (χ1) is 15.0. The molecule has 6 aliphatic rings. The van der Waals surface area contributed by atoms with E-state index in [0.29, 0.717) is 24.4 Å². The van der Waals surface area contributed by atoms with E-state index in [-0.39, 0.29) is 11.5 Å². The first-order valence-corrected chi connectivity index (χ1v) is 12.2. The molecule has 2 heterocycles. The van der Waals surface area contributed by atoms with Gasteiger partial charge in [0.2, 0.25) is 5.95 Å². The maximum Gasteiger partial charge on any atom is 0.317 e. The van der Waals surface area contributed by atoms with Gasteiger partial charge in [-0.1, -0.05) is 26.7 Å². The fourth-order valence-corrected chi connectivity index (χ4v) is 7.53. The van der Waals surface area contributed by atoms with Crippen molar-refractivity contribution in [2.45, 2.75) is 77.3 Å². The summed E-state index contributed by atoms with van der Waals surface area (Å²) in [7, 11) is 0. The normalized spacial score (nSPS) is 39.4. The zero-order valence-electron chi connectivity index (χ0n) is 18.6. The summed E-state index contributed by atoms with van der Waals surface area (Å²) in [6.07, 6.45) is 10.1. The molecule has 31 heavy (non-hydrogen) atoms. The van der Waals surface area contributed by atoms with Gasteiger partial charge in [0, 0.05) is 30.4 Å². The summed E-state index contributed by atoms with van der Waals surface area (Å²) in [5, 5.41) is 6.49. The van der Waals surface area contributed by atoms with E-state index in [1.54, 1.807) is 4.90 Å². The summed E-state index contributed by atoms with van der Waals surface area (Å²) in [5.74, 6) is 3.48. The van der Waals surface area contributed by atoms with Crippen LogP contribution in [0.3, 0.4) is 0 Å². The van der Waals surface area contributed by atoms with Gasteiger partial charge in [-0.3, -0.25) is 14.5 Å². The van der Waals surface area contributed by atoms with Gasteiger partial charge in [0.25, 0.3) is 0 Å². The van der Waals surface area contributed by atoms with Gasteiger partial charge in [-0.25, -0.2) is 4.98 Å². The minimum absolute atomic E-state index is 0.0469. The van der Waals surface area contributed by atoms with Gasteiger partial charge in [0.1, 0.15) is 5.82 Å². The summed E-state index contributed by atoms with van der Waals surface area (Å²) in [5.41, 5.74) is 1.26. The molecule has 0 saturated heterocycles. The van der Waals surface area contributed by atoms with E-state index < -0.39 is 11.8 Å². The zero-order chi connectivity index (χ0) is 21.3. The van der Waals surface area contributed by atoms with E-state index in [1.165, 1.54) is 12.8 Å². The monoisotopic (exact) mass is 423 g/mol. The van der Waals surface area contributed by atoms with E-state index >= 15 is 0 Å². The highest BCUT2D eigenvalue weighted by Gasteiger charge is 2.72. The summed E-state index contributed by atoms with van der Waals surface area (Å²) < 4.78 is 0. The van der Waals surface area contributed by atoms with Crippen molar-refractivity contribution in [1.82, 2.24) is 15.3 Å². The maximum absolute atomic E-state index is 13.1. The second kappa shape index (κ2) is 6.91. The molecule has 7 nitrogen and oxygen atoms in total. The first kappa shape index (κ1) is 19.5. The molecular formula is C24H33N5O2. The predicted octanol–water partition coefficient (Wildman–Crippen LogP) is 2.91. The molecule has 166 valence electrons. The molecule has 2 amide bonds. The van der Waals surface area contributed by atoms with Crippen LogP contribution < -0.4 is 15.5 Å². The van der Waals surface area contributed by atoms with Gasteiger partial charge in [-0.05, 0) is 67.6 Å². The van der Waals surface area contributed by atoms with Crippen molar-refractivity contribution >= 4 is 23.6 Å². The summed E-state index contributed by atoms with van der Waals surface area (Å²) in [6, 6.07) is 0.449. The Morgan fingerprint density at radius 1 is 1.16 bits per heavy atom. The molecule has 1 aromatic heterocycles. The van der Waals surface area contributed by atoms with E-state index in [2.05, 4.69) is 24.5 Å². The van der Waals surface area contributed by atoms with E-state index in [0.717, 1.165) is 67.8 Å². The third-order valence-corrected chi connectivity index (χ3v) is 9.39. The standard InChI is InChI=1S/C24H33N5O2/c1-13-17-16-9-10-24(13,2)19(18(16)17)27-23-26-12-14-6-5-11-25-21(30)22(31)29(20(14)28-23)15-7-3-4-8-15/h12-13,15-19H,3-11H2,1-2H3,(H,25,30)(H,26,27,28). The fourth-order valence-electron chi connectivity index (χ4n) is 7.53. The van der Waals surface area contributed by atoms with Crippen LogP contribution in [0.4, 0.5) is 11.8 Å². The summed E-state index contributed by atoms with van der Waals surface area (Å²) >= 11 is 0. The number of aromatic nitrogens is 2. The van der Waals surface area contributed by atoms with Crippen LogP contribution in [0.5, 0.6) is 0 Å². The third kappa shape index (κ3) is 2.84. The van der Waals surface area contributed by atoms with Crippen molar-refractivity contribution in [2.24, 2.45) is 29.1 Å². The van der Waals surface area contributed by atoms with E-state index in [9.17, 15) is 9.59 Å². The zero-order valence-corrected chi connectivity index (χ0v) is 18.6. The molecule has 7 heteroatoms. The van der Waals surface area contributed by atoms with E-state index in [4.69, 9.17) is 9.97 Å². The Morgan fingerprint density at radius 3 is 2.71 bits per heavy atom. The molecular weight excluding hydrogens is 390 g/mol. The largest absolute Gasteiger partial charge is 0.351 e. The van der Waals surface area contributed by atoms with Crippen molar-refractivity contribution < 1.29 is 9.59 Å². The molecule has 6 unspecified atom stereocenters. The molecule has 1 aliphatic heterocycles. The highest BCUT2D eigenvalue weighted by atomic mass is 16.2. The molecule has 7 rings (SSSR count). The number of amides is 2. The van der Waals surface area contributed by atoms with Crippen molar-refractivity contribution in [3.8, 4) is 0 Å². The molecule has 0 spiro atoms. The number of carbonyl (C=O) groups is 2. The number of nitrogens with zero attached hydrogens (tertiary/aromatic N) is 3. The van der Waals surface area contributed by atoms with Crippen molar-refractivity contribution in [3.05, 3.63) is 11.8 Å². The first-order valence-electron chi connectivity index (χ1n) is 12.2. The SMILES string of the molecule is CC1C2C3CCC1(C)C(Nc1ncc4c(n1)N(C1CCCC1)C(=O)C(=O)NCCC4)C32. The average Bonchev–Trinajstić information content (AvgIpc) is 3.15. The van der Waals surface area contributed by atoms with Gasteiger partial charge < -0.3 is 10.6 Å². The van der Waals surface area contributed by atoms with Crippen LogP contribution in [-0.2, 0) is 16.0 Å². The Kier molecular flexibility index (Phi) is 4.35. The van der Waals surface area contributed by atoms with Gasteiger partial charge in [-0.15, -0.1) is 0 Å². The molecule has 2 N–H and O–H groups in total. The lowest BCUT2D eigenvalue weighted by molar-refractivity contribution is -0.137. The van der Waals surface area contributed by atoms with Crippen molar-refractivity contribution in [3.63, 3.8) is 0 Å². The van der Waals surface area contributed by atoms with Gasteiger partial charge in [0.05, 0.1) is 0 Å². The minimum atomic E-state index is -0.511. The lowest BCUT2D eigenvalue weighted by atomic mass is 9.64. The summed E-state index contributed by atoms with van der Waals surface area (Å²) in [6.45, 7) is 5.35. The van der Waals surface area contributed by atoms with Gasteiger partial charge >= 0.3 is 11.8 Å². The van der Waals surface area contributed by atoms with E-state index in [1.807, 2.05) is 6.20 Å². The molecule has 5 saturated carbocycles. The molecule has 4 bridgehead atoms. The Morgan fingerprint density at radius 2 is 1.97 bits per heavy atom. The van der Waals surface area contributed by atoms with Crippen LogP contribution in [0, 0.1) is 29.1 Å². The number of hydrogen-bond acceptors (Lipinski definition) is 5. The fraction of sp³-hybridized carbons (Fsp3) is 0.750. The van der Waals surface area contributed by atoms with Crippen LogP contribution >= 0.6 is 0 Å². The van der Waals surface area contributed by atoms with Crippen molar-refractivity contribution in [2.75, 3.05) is 16.8 Å². The number of aryl methyl sites for hydroxylation is 1. The molecule has 5 fully saturated rings. The van der Waals surface area contributed by atoms with Gasteiger partial charge in [0.15, 0.2) is 0 Å². The Hall–Kier alpha value is -2.18. The quantitative estimate of drug-likeness (QED) is 0.730. The predicted molar refractivity (Wildman–Crippen MR) is 117 cm³/mol. The molecule has 0 aromatic carbocycles. The molecule has 0 radical (unpaired) electrons. The van der Waals surface area contributed by atoms with Crippen LogP contribution in [0.15, 0.2) is 6.20 Å². The van der Waals surface area contributed by atoms with Crippen molar-refractivity contribution in [1.29, 1.82) is 0 Å². The van der Waals surface area contributed by atoms with Crippen LogP contribution in [0.2, 0.25) is 0 Å². The van der Waals surface area contributed by atoms with Crippen LogP contribution in [-0.4, -0.2) is 40.4 Å². The lowest BCUT2D eigenvalue weighted by Gasteiger charge is -2.44. The smallest absolute Gasteiger partial charge is 0.317 e. The second-order valence-electron chi connectivity index (χ2n) is 10.8. The third-order valence-electron chi connectivity index (χ3n) is 9.39. The number of hydrogen-bond donors (Lipinski definition) is 2. The van der Waals surface area contributed by atoms with Crippen LogP contribution in [0.25, 0.3) is 0 Å². The number of fused-ring (bicyclic) bond motifs is 2. The minimum Gasteiger partial charge on any atom is -0.351 e. The maximum atomic E-state index is 13.1.